The number of benzene rings is 2. The van der Waals surface area contributed by atoms with Crippen molar-refractivity contribution in [2.75, 3.05) is 20.7 Å². The number of nitrogens with zero attached hydrogens (tertiary/aromatic N) is 1. The number of halogens is 7. The summed E-state index contributed by atoms with van der Waals surface area (Å²) >= 11 is 0. The van der Waals surface area contributed by atoms with Gasteiger partial charge in [-0.3, -0.25) is 9.69 Å². The Labute approximate surface area is 204 Å². The molecule has 4 nitrogen and oxygen atoms in total. The number of ether oxygens (including phenoxy) is 1. The van der Waals surface area contributed by atoms with Crippen LogP contribution < -0.4 is 5.32 Å². The van der Waals surface area contributed by atoms with Gasteiger partial charge in [0.2, 0.25) is 0 Å². The summed E-state index contributed by atoms with van der Waals surface area (Å²) in [4.78, 5) is 13.6. The van der Waals surface area contributed by atoms with E-state index in [2.05, 4.69) is 5.32 Å². The Kier molecular flexibility index (Phi) is 8.34. The smallest absolute Gasteiger partial charge is 0.416 e. The molecule has 0 bridgehead atoms. The van der Waals surface area contributed by atoms with Gasteiger partial charge in [0, 0.05) is 24.0 Å². The zero-order valence-corrected chi connectivity index (χ0v) is 19.9. The molecule has 0 saturated heterocycles. The fourth-order valence-corrected chi connectivity index (χ4v) is 4.83. The van der Waals surface area contributed by atoms with Gasteiger partial charge in [-0.05, 0) is 68.3 Å². The molecule has 0 amide bonds. The Hall–Kier alpha value is -2.66. The molecule has 1 saturated carbocycles. The SMILES string of the molecule is COC(=O)CN(C)C1CCC(N[C@@H](C)c2cc(C(F)(F)F)cc(C(F)(F)F)c2)C1c1ccc(F)cc1. The third-order valence-corrected chi connectivity index (χ3v) is 6.62. The quantitative estimate of drug-likeness (QED) is 0.363. The fourth-order valence-electron chi connectivity index (χ4n) is 4.83. The summed E-state index contributed by atoms with van der Waals surface area (Å²) in [6, 6.07) is 5.88. The average molecular weight is 520 g/mol. The van der Waals surface area contributed by atoms with Gasteiger partial charge < -0.3 is 10.1 Å². The minimum atomic E-state index is -4.94. The number of carbonyl (C=O) groups is 1. The topological polar surface area (TPSA) is 41.6 Å². The van der Waals surface area contributed by atoms with E-state index in [1.165, 1.54) is 26.2 Å². The van der Waals surface area contributed by atoms with Crippen LogP contribution in [0.25, 0.3) is 0 Å². The van der Waals surface area contributed by atoms with Crippen molar-refractivity contribution in [1.82, 2.24) is 10.2 Å². The lowest BCUT2D eigenvalue weighted by atomic mass is 9.89. The molecule has 1 aliphatic rings. The number of likely N-dealkylation sites (N-methyl/N-ethyl adjacent to an activating group) is 1. The minimum Gasteiger partial charge on any atom is -0.468 e. The first kappa shape index (κ1) is 27.9. The molecule has 0 aromatic heterocycles. The van der Waals surface area contributed by atoms with Crippen molar-refractivity contribution in [3.63, 3.8) is 0 Å². The second-order valence-electron chi connectivity index (χ2n) is 9.05. The molecular weight excluding hydrogens is 493 g/mol. The zero-order valence-electron chi connectivity index (χ0n) is 19.9. The Morgan fingerprint density at radius 1 is 1.03 bits per heavy atom. The van der Waals surface area contributed by atoms with Crippen LogP contribution in [0, 0.1) is 5.82 Å². The van der Waals surface area contributed by atoms with Crippen molar-refractivity contribution in [1.29, 1.82) is 0 Å². The summed E-state index contributed by atoms with van der Waals surface area (Å²) in [5.41, 5.74) is -2.17. The third-order valence-electron chi connectivity index (χ3n) is 6.62. The second kappa shape index (κ2) is 10.8. The van der Waals surface area contributed by atoms with Crippen LogP contribution in [0.5, 0.6) is 0 Å². The van der Waals surface area contributed by atoms with Gasteiger partial charge in [0.05, 0.1) is 24.8 Å². The molecule has 3 unspecified atom stereocenters. The Bertz CT molecular complexity index is 1020. The van der Waals surface area contributed by atoms with Crippen molar-refractivity contribution < 1.29 is 40.3 Å². The molecule has 0 radical (unpaired) electrons. The van der Waals surface area contributed by atoms with Gasteiger partial charge in [0.25, 0.3) is 0 Å². The Morgan fingerprint density at radius 3 is 2.08 bits per heavy atom. The number of esters is 1. The molecule has 1 fully saturated rings. The molecule has 4 atom stereocenters. The summed E-state index contributed by atoms with van der Waals surface area (Å²) in [6.45, 7) is 1.49. The van der Waals surface area contributed by atoms with E-state index in [4.69, 9.17) is 4.74 Å². The summed E-state index contributed by atoms with van der Waals surface area (Å²) in [7, 11) is 2.99. The number of hydrogen-bond donors (Lipinski definition) is 1. The fraction of sp³-hybridized carbons (Fsp3) is 0.480. The Morgan fingerprint density at radius 2 is 1.58 bits per heavy atom. The number of methoxy groups -OCH3 is 1. The molecule has 1 N–H and O–H groups in total. The first-order valence-corrected chi connectivity index (χ1v) is 11.3. The number of nitrogens with one attached hydrogen (secondary N) is 1. The van der Waals surface area contributed by atoms with Crippen LogP contribution in [0.3, 0.4) is 0 Å². The van der Waals surface area contributed by atoms with Crippen LogP contribution in [0.4, 0.5) is 30.7 Å². The Balaban J connectivity index is 1.93. The number of alkyl halides is 6. The van der Waals surface area contributed by atoms with Crippen molar-refractivity contribution >= 4 is 5.97 Å². The van der Waals surface area contributed by atoms with E-state index in [-0.39, 0.29) is 36.2 Å². The zero-order chi connectivity index (χ0) is 26.8. The monoisotopic (exact) mass is 520 g/mol. The van der Waals surface area contributed by atoms with Crippen molar-refractivity contribution in [2.24, 2.45) is 0 Å². The van der Waals surface area contributed by atoms with E-state index in [9.17, 15) is 35.5 Å². The minimum absolute atomic E-state index is 0.0102. The van der Waals surface area contributed by atoms with Crippen molar-refractivity contribution in [2.45, 2.75) is 56.2 Å². The molecule has 11 heteroatoms. The van der Waals surface area contributed by atoms with Crippen LogP contribution in [-0.4, -0.2) is 43.7 Å². The van der Waals surface area contributed by atoms with Crippen molar-refractivity contribution in [3.8, 4) is 0 Å². The first-order valence-electron chi connectivity index (χ1n) is 11.3. The van der Waals surface area contributed by atoms with Gasteiger partial charge in [-0.2, -0.15) is 26.3 Å². The second-order valence-corrected chi connectivity index (χ2v) is 9.05. The molecule has 0 heterocycles. The normalized spacial score (nSPS) is 21.6. The summed E-state index contributed by atoms with van der Waals surface area (Å²) in [6.07, 6.45) is -8.76. The lowest BCUT2D eigenvalue weighted by Crippen LogP contribution is -2.42. The van der Waals surface area contributed by atoms with Crippen LogP contribution in [-0.2, 0) is 21.9 Å². The van der Waals surface area contributed by atoms with Crippen molar-refractivity contribution in [3.05, 3.63) is 70.5 Å². The summed E-state index contributed by atoms with van der Waals surface area (Å²) in [5, 5.41) is 3.20. The van der Waals surface area contributed by atoms with Crippen LogP contribution >= 0.6 is 0 Å². The molecule has 0 aliphatic heterocycles. The molecule has 36 heavy (non-hydrogen) atoms. The van der Waals surface area contributed by atoms with E-state index in [0.717, 1.165) is 17.7 Å². The highest BCUT2D eigenvalue weighted by Gasteiger charge is 2.41. The summed E-state index contributed by atoms with van der Waals surface area (Å²) in [5.74, 6) is -1.21. The average Bonchev–Trinajstić information content (AvgIpc) is 3.21. The lowest BCUT2D eigenvalue weighted by Gasteiger charge is -2.33. The summed E-state index contributed by atoms with van der Waals surface area (Å²) < 4.78 is 98.3. The highest BCUT2D eigenvalue weighted by atomic mass is 19.4. The van der Waals surface area contributed by atoms with E-state index >= 15 is 0 Å². The molecule has 0 spiro atoms. The predicted octanol–water partition coefficient (Wildman–Crippen LogP) is 5.93. The molecule has 2 aromatic carbocycles. The standard InChI is InChI=1S/C25H27F7N2O2/c1-14(16-10-17(24(27,28)29)12-18(11-16)25(30,31)32)33-20-8-9-21(34(2)13-22(35)36-3)23(20)15-4-6-19(26)7-5-15/h4-7,10-12,14,20-21,23,33H,8-9,13H2,1-3H3/t14-,20?,21?,23?/m0/s1. The number of hydrogen-bond acceptors (Lipinski definition) is 4. The van der Waals surface area contributed by atoms with E-state index in [1.807, 2.05) is 0 Å². The van der Waals surface area contributed by atoms with Gasteiger partial charge in [-0.15, -0.1) is 0 Å². The maximum absolute atomic E-state index is 13.6. The van der Waals surface area contributed by atoms with Gasteiger partial charge in [0.1, 0.15) is 5.82 Å². The molecule has 1 aliphatic carbocycles. The molecule has 198 valence electrons. The highest BCUT2D eigenvalue weighted by Crippen LogP contribution is 2.41. The van der Waals surface area contributed by atoms with Crippen LogP contribution in [0.15, 0.2) is 42.5 Å². The van der Waals surface area contributed by atoms with Crippen LogP contribution in [0.2, 0.25) is 0 Å². The predicted molar refractivity (Wildman–Crippen MR) is 119 cm³/mol. The first-order chi connectivity index (χ1) is 16.7. The lowest BCUT2D eigenvalue weighted by molar-refractivity contribution is -0.144. The number of carbonyl (C=O) groups excluding carboxylic acids is 1. The molecular formula is C25H27F7N2O2. The number of rotatable bonds is 7. The molecule has 2 aromatic rings. The van der Waals surface area contributed by atoms with Gasteiger partial charge in [0.15, 0.2) is 0 Å². The van der Waals surface area contributed by atoms with Gasteiger partial charge >= 0.3 is 18.3 Å². The highest BCUT2D eigenvalue weighted by molar-refractivity contribution is 5.71. The van der Waals surface area contributed by atoms with E-state index in [0.29, 0.717) is 12.8 Å². The van der Waals surface area contributed by atoms with Gasteiger partial charge in [-0.25, -0.2) is 4.39 Å². The largest absolute Gasteiger partial charge is 0.468 e. The van der Waals surface area contributed by atoms with E-state index < -0.39 is 41.3 Å². The maximum atomic E-state index is 13.6. The van der Waals surface area contributed by atoms with E-state index in [1.54, 1.807) is 24.1 Å². The molecule has 3 rings (SSSR count). The van der Waals surface area contributed by atoms with Gasteiger partial charge in [-0.1, -0.05) is 12.1 Å². The van der Waals surface area contributed by atoms with Crippen LogP contribution in [0.1, 0.15) is 54.0 Å². The maximum Gasteiger partial charge on any atom is 0.416 e. The third kappa shape index (κ3) is 6.56.